The summed E-state index contributed by atoms with van der Waals surface area (Å²) in [5.74, 6) is 0. The van der Waals surface area contributed by atoms with Gasteiger partial charge in [-0.25, -0.2) is 0 Å². The number of hydrogen-bond donors (Lipinski definition) is 3. The molecule has 0 atom stereocenters. The Morgan fingerprint density at radius 2 is 2.06 bits per heavy atom. The third-order valence-electron chi connectivity index (χ3n) is 2.21. The lowest BCUT2D eigenvalue weighted by Crippen LogP contribution is -2.37. The van der Waals surface area contributed by atoms with E-state index in [1.807, 2.05) is 6.20 Å². The lowest BCUT2D eigenvalue weighted by Gasteiger charge is -2.20. The zero-order chi connectivity index (χ0) is 12.0. The van der Waals surface area contributed by atoms with Crippen molar-refractivity contribution in [2.24, 2.45) is 0 Å². The molecule has 3 N–H and O–H groups in total. The molecule has 3 nitrogen and oxygen atoms in total. The van der Waals surface area contributed by atoms with Gasteiger partial charge in [0.15, 0.2) is 0 Å². The summed E-state index contributed by atoms with van der Waals surface area (Å²) in [7, 11) is 0. The minimum absolute atomic E-state index is 0.227. The van der Waals surface area contributed by atoms with Crippen LogP contribution in [0.15, 0.2) is 16.7 Å². The first-order chi connectivity index (χ1) is 7.47. The van der Waals surface area contributed by atoms with Crippen molar-refractivity contribution in [3.8, 4) is 0 Å². The highest BCUT2D eigenvalue weighted by Crippen LogP contribution is 2.09. The normalized spacial score (nSPS) is 12.0. The number of nitrogens with one attached hydrogen (secondary N) is 3. The second kappa shape index (κ2) is 6.42. The van der Waals surface area contributed by atoms with E-state index in [2.05, 4.69) is 58.4 Å². The van der Waals surface area contributed by atoms with Crippen molar-refractivity contribution in [1.82, 2.24) is 15.6 Å². The van der Waals surface area contributed by atoms with Gasteiger partial charge < -0.3 is 15.6 Å². The Labute approximate surface area is 107 Å². The van der Waals surface area contributed by atoms with Crippen molar-refractivity contribution in [2.75, 3.05) is 13.1 Å². The van der Waals surface area contributed by atoms with Gasteiger partial charge in [-0.05, 0) is 62.3 Å². The van der Waals surface area contributed by atoms with Gasteiger partial charge in [0.05, 0.1) is 0 Å². The summed E-state index contributed by atoms with van der Waals surface area (Å²) in [5, 5.41) is 6.88. The van der Waals surface area contributed by atoms with E-state index in [4.69, 9.17) is 0 Å². The molecule has 0 amide bonds. The van der Waals surface area contributed by atoms with Crippen LogP contribution in [0, 0.1) is 0 Å². The van der Waals surface area contributed by atoms with Crippen LogP contribution < -0.4 is 10.6 Å². The van der Waals surface area contributed by atoms with E-state index in [0.717, 1.165) is 30.5 Å². The van der Waals surface area contributed by atoms with Crippen molar-refractivity contribution in [3.63, 3.8) is 0 Å². The summed E-state index contributed by atoms with van der Waals surface area (Å²) in [6.45, 7) is 9.58. The second-order valence-electron chi connectivity index (χ2n) is 5.05. The van der Waals surface area contributed by atoms with Gasteiger partial charge in [0.2, 0.25) is 0 Å². The number of H-pyrrole nitrogens is 1. The average Bonchev–Trinajstić information content (AvgIpc) is 2.56. The van der Waals surface area contributed by atoms with Crippen LogP contribution in [0.5, 0.6) is 0 Å². The minimum atomic E-state index is 0.227. The van der Waals surface area contributed by atoms with Gasteiger partial charge >= 0.3 is 0 Å². The van der Waals surface area contributed by atoms with Crippen molar-refractivity contribution in [2.45, 2.75) is 39.3 Å². The van der Waals surface area contributed by atoms with Crippen molar-refractivity contribution >= 4 is 15.9 Å². The number of rotatable bonds is 6. The zero-order valence-electron chi connectivity index (χ0n) is 10.4. The quantitative estimate of drug-likeness (QED) is 0.704. The molecule has 0 radical (unpaired) electrons. The fourth-order valence-electron chi connectivity index (χ4n) is 1.41. The van der Waals surface area contributed by atoms with E-state index in [1.54, 1.807) is 0 Å². The number of aromatic nitrogens is 1. The van der Waals surface area contributed by atoms with Gasteiger partial charge in [-0.3, -0.25) is 0 Å². The van der Waals surface area contributed by atoms with Gasteiger partial charge in [0.1, 0.15) is 0 Å². The highest BCUT2D eigenvalue weighted by atomic mass is 79.9. The summed E-state index contributed by atoms with van der Waals surface area (Å²) in [4.78, 5) is 3.20. The van der Waals surface area contributed by atoms with Gasteiger partial charge in [-0.15, -0.1) is 0 Å². The number of aromatic amines is 1. The summed E-state index contributed by atoms with van der Waals surface area (Å²) in [5.41, 5.74) is 1.44. The third kappa shape index (κ3) is 6.30. The summed E-state index contributed by atoms with van der Waals surface area (Å²) in [6.07, 6.45) is 3.11. The van der Waals surface area contributed by atoms with Crippen LogP contribution in [0.2, 0.25) is 0 Å². The predicted octanol–water partition coefficient (Wildman–Crippen LogP) is 2.65. The maximum absolute atomic E-state index is 3.47. The molecule has 4 heteroatoms. The van der Waals surface area contributed by atoms with Crippen LogP contribution in [0.25, 0.3) is 0 Å². The van der Waals surface area contributed by atoms with E-state index in [1.165, 1.54) is 5.69 Å². The van der Waals surface area contributed by atoms with Crippen LogP contribution in [0.4, 0.5) is 0 Å². The van der Waals surface area contributed by atoms with Crippen molar-refractivity contribution in [3.05, 3.63) is 22.4 Å². The highest BCUT2D eigenvalue weighted by molar-refractivity contribution is 9.10. The third-order valence-corrected chi connectivity index (χ3v) is 2.67. The van der Waals surface area contributed by atoms with Crippen LogP contribution in [-0.2, 0) is 6.54 Å². The van der Waals surface area contributed by atoms with Gasteiger partial charge in [0.25, 0.3) is 0 Å². The molecule has 0 spiro atoms. The molecule has 0 unspecified atom stereocenters. The van der Waals surface area contributed by atoms with Gasteiger partial charge in [0, 0.05) is 28.4 Å². The van der Waals surface area contributed by atoms with Gasteiger partial charge in [-0.2, -0.15) is 0 Å². The molecule has 1 heterocycles. The van der Waals surface area contributed by atoms with Crippen molar-refractivity contribution < 1.29 is 0 Å². The molecule has 0 aliphatic carbocycles. The molecule has 1 aromatic heterocycles. The van der Waals surface area contributed by atoms with E-state index < -0.39 is 0 Å². The molecule has 92 valence electrons. The summed E-state index contributed by atoms with van der Waals surface area (Å²) >= 11 is 3.42. The van der Waals surface area contributed by atoms with E-state index >= 15 is 0 Å². The molecule has 0 bridgehead atoms. The Morgan fingerprint density at radius 3 is 2.62 bits per heavy atom. The standard InChI is InChI=1S/C12H22BrN3/c1-12(2,3)16-6-4-5-14-9-11-7-10(13)8-15-11/h7-8,14-16H,4-6,9H2,1-3H3. The fraction of sp³-hybridized carbons (Fsp3) is 0.667. The Bertz CT molecular complexity index is 301. The van der Waals surface area contributed by atoms with E-state index in [9.17, 15) is 0 Å². The van der Waals surface area contributed by atoms with Gasteiger partial charge in [-0.1, -0.05) is 0 Å². The molecule has 0 saturated heterocycles. The Morgan fingerprint density at radius 1 is 1.31 bits per heavy atom. The highest BCUT2D eigenvalue weighted by Gasteiger charge is 2.06. The maximum atomic E-state index is 3.47. The second-order valence-corrected chi connectivity index (χ2v) is 5.97. The fourth-order valence-corrected chi connectivity index (χ4v) is 1.80. The lowest BCUT2D eigenvalue weighted by molar-refractivity contribution is 0.418. The number of halogens is 1. The first-order valence-electron chi connectivity index (χ1n) is 5.76. The molecule has 0 aromatic carbocycles. The Balaban J connectivity index is 2.00. The molecular weight excluding hydrogens is 266 g/mol. The minimum Gasteiger partial charge on any atom is -0.363 e. The molecule has 0 saturated carbocycles. The van der Waals surface area contributed by atoms with E-state index in [0.29, 0.717) is 0 Å². The predicted molar refractivity (Wildman–Crippen MR) is 72.6 cm³/mol. The van der Waals surface area contributed by atoms with Crippen LogP contribution in [-0.4, -0.2) is 23.6 Å². The Hall–Kier alpha value is -0.320. The van der Waals surface area contributed by atoms with Crippen LogP contribution >= 0.6 is 15.9 Å². The SMILES string of the molecule is CC(C)(C)NCCCNCc1cc(Br)c[nH]1. The largest absolute Gasteiger partial charge is 0.363 e. The zero-order valence-corrected chi connectivity index (χ0v) is 11.9. The molecule has 0 aliphatic heterocycles. The number of hydrogen-bond acceptors (Lipinski definition) is 2. The molecular formula is C12H22BrN3. The van der Waals surface area contributed by atoms with E-state index in [-0.39, 0.29) is 5.54 Å². The summed E-state index contributed by atoms with van der Waals surface area (Å²) < 4.78 is 1.11. The molecule has 1 rings (SSSR count). The molecule has 16 heavy (non-hydrogen) atoms. The average molecular weight is 288 g/mol. The molecule has 0 aliphatic rings. The first-order valence-corrected chi connectivity index (χ1v) is 6.55. The summed E-state index contributed by atoms with van der Waals surface area (Å²) in [6, 6.07) is 2.10. The Kier molecular flexibility index (Phi) is 5.52. The maximum Gasteiger partial charge on any atom is 0.0357 e. The molecule has 0 fully saturated rings. The lowest BCUT2D eigenvalue weighted by atomic mass is 10.1. The smallest absolute Gasteiger partial charge is 0.0357 e. The van der Waals surface area contributed by atoms with Crippen molar-refractivity contribution in [1.29, 1.82) is 0 Å². The topological polar surface area (TPSA) is 39.8 Å². The molecule has 1 aromatic rings. The van der Waals surface area contributed by atoms with Crippen LogP contribution in [0.1, 0.15) is 32.9 Å². The monoisotopic (exact) mass is 287 g/mol. The first kappa shape index (κ1) is 13.7. The van der Waals surface area contributed by atoms with Crippen LogP contribution in [0.3, 0.4) is 0 Å².